The number of amides is 2. The second-order valence-corrected chi connectivity index (χ2v) is 16.0. The molecule has 0 spiro atoms. The number of ether oxygens (including phenoxy) is 2. The molecule has 280 valence electrons. The quantitative estimate of drug-likeness (QED) is 0.235. The minimum Gasteiger partial charge on any atom is -0.444 e. The molecule has 2 amide bonds. The summed E-state index contributed by atoms with van der Waals surface area (Å²) >= 11 is 0. The van der Waals surface area contributed by atoms with E-state index in [0.29, 0.717) is 0 Å². The second-order valence-electron chi connectivity index (χ2n) is 16.0. The maximum atomic E-state index is 12.3. The first-order chi connectivity index (χ1) is 24.6. The zero-order valence-corrected chi connectivity index (χ0v) is 32.0. The fraction of sp³-hybridized carbons (Fsp3) is 0.500. The van der Waals surface area contributed by atoms with Crippen molar-refractivity contribution in [3.05, 3.63) is 108 Å². The Morgan fingerprint density at radius 3 is 1.31 bits per heavy atom. The van der Waals surface area contributed by atoms with Crippen LogP contribution in [0.4, 0.5) is 9.59 Å². The monoisotopic (exact) mass is 712 g/mol. The number of aromatic nitrogens is 4. The Labute approximate surface area is 308 Å². The molecule has 4 heterocycles. The molecule has 12 heteroatoms. The van der Waals surface area contributed by atoms with E-state index in [-0.39, 0.29) is 36.1 Å². The van der Waals surface area contributed by atoms with Crippen molar-refractivity contribution >= 4 is 12.2 Å². The summed E-state index contributed by atoms with van der Waals surface area (Å²) in [6.45, 7) is 16.3. The van der Waals surface area contributed by atoms with Crippen LogP contribution in [0.15, 0.2) is 85.5 Å². The van der Waals surface area contributed by atoms with Crippen molar-refractivity contribution in [2.75, 3.05) is 26.2 Å². The number of nitrogens with zero attached hydrogens (tertiary/aromatic N) is 6. The molecule has 4 atom stereocenters. The Kier molecular flexibility index (Phi) is 12.4. The molecule has 12 nitrogen and oxygen atoms in total. The first-order valence-electron chi connectivity index (χ1n) is 18.1. The van der Waals surface area contributed by atoms with Crippen molar-refractivity contribution in [1.29, 1.82) is 0 Å². The lowest BCUT2D eigenvalue weighted by molar-refractivity contribution is 0.0490. The zero-order chi connectivity index (χ0) is 37.5. The highest BCUT2D eigenvalue weighted by molar-refractivity contribution is 5.69. The van der Waals surface area contributed by atoms with Crippen LogP contribution in [0.5, 0.6) is 0 Å². The van der Waals surface area contributed by atoms with Crippen molar-refractivity contribution in [2.24, 2.45) is 14.1 Å². The van der Waals surface area contributed by atoms with Gasteiger partial charge in [0.25, 0.3) is 0 Å². The molecule has 2 aromatic carbocycles. The van der Waals surface area contributed by atoms with Crippen LogP contribution in [-0.4, -0.2) is 91.0 Å². The summed E-state index contributed by atoms with van der Waals surface area (Å²) in [5.74, 6) is 0.389. The van der Waals surface area contributed by atoms with Crippen LogP contribution in [0.25, 0.3) is 0 Å². The van der Waals surface area contributed by atoms with E-state index in [0.717, 1.165) is 50.4 Å². The molecule has 6 rings (SSSR count). The fourth-order valence-electron chi connectivity index (χ4n) is 6.86. The number of benzene rings is 2. The third-order valence-electron chi connectivity index (χ3n) is 9.00. The van der Waals surface area contributed by atoms with E-state index in [4.69, 9.17) is 9.47 Å². The predicted molar refractivity (Wildman–Crippen MR) is 202 cm³/mol. The predicted octanol–water partition coefficient (Wildman–Crippen LogP) is 5.83. The van der Waals surface area contributed by atoms with Gasteiger partial charge >= 0.3 is 12.2 Å². The first kappa shape index (κ1) is 38.5. The van der Waals surface area contributed by atoms with Crippen molar-refractivity contribution in [3.63, 3.8) is 0 Å². The van der Waals surface area contributed by atoms with Crippen LogP contribution in [0.3, 0.4) is 0 Å². The van der Waals surface area contributed by atoms with Gasteiger partial charge in [0.05, 0.1) is 24.5 Å². The highest BCUT2D eigenvalue weighted by Crippen LogP contribution is 2.30. The number of hydrogen-bond donors (Lipinski definition) is 2. The largest absolute Gasteiger partial charge is 0.444 e. The van der Waals surface area contributed by atoms with E-state index >= 15 is 0 Å². The molecular weight excluding hydrogens is 656 g/mol. The van der Waals surface area contributed by atoms with Gasteiger partial charge in [-0.15, -0.1) is 0 Å². The lowest BCUT2D eigenvalue weighted by atomic mass is 9.97. The van der Waals surface area contributed by atoms with Gasteiger partial charge in [0.15, 0.2) is 0 Å². The zero-order valence-electron chi connectivity index (χ0n) is 32.0. The second kappa shape index (κ2) is 16.8. The van der Waals surface area contributed by atoms with Crippen LogP contribution >= 0.6 is 0 Å². The van der Waals surface area contributed by atoms with Gasteiger partial charge in [-0.05, 0) is 63.8 Å². The maximum Gasteiger partial charge on any atom is 0.407 e. The van der Waals surface area contributed by atoms with Gasteiger partial charge < -0.3 is 20.1 Å². The molecule has 2 aliphatic heterocycles. The van der Waals surface area contributed by atoms with E-state index in [1.165, 1.54) is 11.1 Å². The van der Waals surface area contributed by atoms with Gasteiger partial charge in [0, 0.05) is 77.6 Å². The molecule has 2 aromatic heterocycles. The van der Waals surface area contributed by atoms with Crippen molar-refractivity contribution in [1.82, 2.24) is 40.0 Å². The Balaban J connectivity index is 0.000000201. The van der Waals surface area contributed by atoms with Crippen LogP contribution < -0.4 is 10.6 Å². The molecule has 4 aromatic rings. The molecule has 2 fully saturated rings. The summed E-state index contributed by atoms with van der Waals surface area (Å²) in [7, 11) is 3.83. The average molecular weight is 713 g/mol. The van der Waals surface area contributed by atoms with E-state index < -0.39 is 11.2 Å². The molecule has 0 bridgehead atoms. The van der Waals surface area contributed by atoms with E-state index in [1.54, 1.807) is 9.36 Å². The minimum atomic E-state index is -0.504. The number of nitrogens with one attached hydrogen (secondary N) is 2. The van der Waals surface area contributed by atoms with Crippen molar-refractivity contribution < 1.29 is 19.1 Å². The number of carbonyl (C=O) groups is 2. The number of aryl methyl sites for hydroxylation is 2. The summed E-state index contributed by atoms with van der Waals surface area (Å²) < 4.78 is 14.5. The fourth-order valence-corrected chi connectivity index (χ4v) is 6.86. The van der Waals surface area contributed by atoms with Gasteiger partial charge in [0.1, 0.15) is 11.2 Å². The number of carbonyl (C=O) groups excluding carboxylic acids is 2. The van der Waals surface area contributed by atoms with Crippen LogP contribution in [-0.2, 0) is 36.7 Å². The molecule has 0 aliphatic carbocycles. The lowest BCUT2D eigenvalue weighted by Crippen LogP contribution is -2.42. The third-order valence-corrected chi connectivity index (χ3v) is 9.00. The van der Waals surface area contributed by atoms with Gasteiger partial charge in [-0.3, -0.25) is 19.2 Å². The number of likely N-dealkylation sites (tertiary alicyclic amines) is 2. The van der Waals surface area contributed by atoms with Crippen LogP contribution in [0.1, 0.15) is 75.6 Å². The smallest absolute Gasteiger partial charge is 0.407 e. The minimum absolute atomic E-state index is 0.00207. The normalized spacial score (nSPS) is 20.9. The number of hydrogen-bond acceptors (Lipinski definition) is 8. The summed E-state index contributed by atoms with van der Waals surface area (Å²) in [4.78, 5) is 29.3. The van der Waals surface area contributed by atoms with Gasteiger partial charge in [-0.25, -0.2) is 9.59 Å². The van der Waals surface area contributed by atoms with Gasteiger partial charge in [-0.2, -0.15) is 10.2 Å². The summed E-state index contributed by atoms with van der Waals surface area (Å²) in [5.41, 5.74) is 3.82. The highest BCUT2D eigenvalue weighted by atomic mass is 16.6. The Hall–Kier alpha value is -4.68. The average Bonchev–Trinajstić information content (AvgIpc) is 3.85. The number of rotatable bonds is 8. The summed E-state index contributed by atoms with van der Waals surface area (Å²) in [6, 6.07) is 20.8. The van der Waals surface area contributed by atoms with E-state index in [2.05, 4.69) is 79.2 Å². The molecule has 0 saturated carbocycles. The standard InChI is InChI=1S/2C20H28N4O2/c2*1-20(2,3)26-19(25)22-18-14-24(11-15-8-6-5-7-9-15)13-17(18)16-10-21-23(4)12-16/h2*5-10,12,17-18H,11,13-14H2,1-4H3,(H,22,25)/t2*17-,18+/m10/s1. The van der Waals surface area contributed by atoms with Gasteiger partial charge in [0.2, 0.25) is 0 Å². The Morgan fingerprint density at radius 2 is 1.00 bits per heavy atom. The van der Waals surface area contributed by atoms with Crippen molar-refractivity contribution in [3.8, 4) is 0 Å². The first-order valence-corrected chi connectivity index (χ1v) is 18.1. The summed E-state index contributed by atoms with van der Waals surface area (Å²) in [5, 5.41) is 14.7. The van der Waals surface area contributed by atoms with Crippen molar-refractivity contribution in [2.45, 2.75) is 89.8 Å². The van der Waals surface area contributed by atoms with E-state index in [1.807, 2.05) is 92.6 Å². The molecule has 0 unspecified atom stereocenters. The Bertz CT molecular complexity index is 1600. The summed E-state index contributed by atoms with van der Waals surface area (Å²) in [6.07, 6.45) is 7.11. The topological polar surface area (TPSA) is 119 Å². The highest BCUT2D eigenvalue weighted by Gasteiger charge is 2.37. The molecule has 2 N–H and O–H groups in total. The van der Waals surface area contributed by atoms with E-state index in [9.17, 15) is 9.59 Å². The number of alkyl carbamates (subject to hydrolysis) is 2. The molecule has 2 saturated heterocycles. The van der Waals surface area contributed by atoms with Crippen LogP contribution in [0, 0.1) is 0 Å². The lowest BCUT2D eigenvalue weighted by Gasteiger charge is -2.24. The maximum absolute atomic E-state index is 12.3. The molecule has 0 radical (unpaired) electrons. The SMILES string of the molecule is Cn1cc([C@@H]2CN(Cc3ccccc3)C[C@H]2NC(=O)OC(C)(C)C)cn1.Cn1cc([C@H]2CN(Cc3ccccc3)C[C@@H]2NC(=O)OC(C)(C)C)cn1. The Morgan fingerprint density at radius 1 is 0.635 bits per heavy atom. The third kappa shape index (κ3) is 11.7. The molecule has 52 heavy (non-hydrogen) atoms. The molecular formula is C40H56N8O4. The molecule has 2 aliphatic rings. The van der Waals surface area contributed by atoms with Crippen LogP contribution in [0.2, 0.25) is 0 Å². The van der Waals surface area contributed by atoms with Gasteiger partial charge in [-0.1, -0.05) is 60.7 Å².